The maximum absolute atomic E-state index is 13.6. The van der Waals surface area contributed by atoms with Crippen LogP contribution in [0.1, 0.15) is 39.0 Å². The van der Waals surface area contributed by atoms with E-state index in [1.807, 2.05) is 0 Å². The standard InChI is InChI=1S/C18H25F3N4O.HI/c1-3-18(8-4-5-9-18)11-24-17(22-2)23-10-14(26)25-13-7-6-12(19)15(20)16(13)21;/h6-7H,3-5,8-11H2,1-2H3,(H,25,26)(H2,22,23,24);1H. The first kappa shape index (κ1) is 23.5. The second-order valence-electron chi connectivity index (χ2n) is 6.61. The van der Waals surface area contributed by atoms with Gasteiger partial charge in [-0.15, -0.1) is 24.0 Å². The van der Waals surface area contributed by atoms with Gasteiger partial charge in [-0.3, -0.25) is 9.79 Å². The highest BCUT2D eigenvalue weighted by atomic mass is 127. The molecule has 1 aromatic carbocycles. The molecule has 27 heavy (non-hydrogen) atoms. The van der Waals surface area contributed by atoms with Crippen molar-refractivity contribution in [3.63, 3.8) is 0 Å². The number of nitrogens with zero attached hydrogens (tertiary/aromatic N) is 1. The second kappa shape index (κ2) is 10.7. The minimum Gasteiger partial charge on any atom is -0.356 e. The monoisotopic (exact) mass is 498 g/mol. The van der Waals surface area contributed by atoms with E-state index in [4.69, 9.17) is 0 Å². The van der Waals surface area contributed by atoms with E-state index in [-0.39, 0.29) is 35.9 Å². The molecule has 1 saturated carbocycles. The second-order valence-corrected chi connectivity index (χ2v) is 6.61. The summed E-state index contributed by atoms with van der Waals surface area (Å²) in [6.07, 6.45) is 5.87. The number of halogens is 4. The first-order chi connectivity index (χ1) is 12.4. The number of nitrogens with one attached hydrogen (secondary N) is 3. The van der Waals surface area contributed by atoms with Crippen molar-refractivity contribution in [3.8, 4) is 0 Å². The van der Waals surface area contributed by atoms with Gasteiger partial charge in [0.15, 0.2) is 23.4 Å². The zero-order valence-corrected chi connectivity index (χ0v) is 17.8. The maximum atomic E-state index is 13.6. The number of rotatable bonds is 6. The molecule has 0 saturated heterocycles. The molecule has 0 heterocycles. The molecule has 0 radical (unpaired) electrons. The van der Waals surface area contributed by atoms with Crippen LogP contribution in [-0.4, -0.2) is 32.0 Å². The summed E-state index contributed by atoms with van der Waals surface area (Å²) < 4.78 is 39.7. The summed E-state index contributed by atoms with van der Waals surface area (Å²) in [6.45, 7) is 2.76. The van der Waals surface area contributed by atoms with E-state index in [9.17, 15) is 18.0 Å². The van der Waals surface area contributed by atoms with Crippen LogP contribution in [0.4, 0.5) is 18.9 Å². The third-order valence-electron chi connectivity index (χ3n) is 4.99. The SMILES string of the molecule is CCC1(CNC(=NC)NCC(=O)Nc2ccc(F)c(F)c2F)CCCC1.I. The van der Waals surface area contributed by atoms with Gasteiger partial charge in [0, 0.05) is 13.6 Å². The zero-order valence-electron chi connectivity index (χ0n) is 15.5. The van der Waals surface area contributed by atoms with Gasteiger partial charge >= 0.3 is 0 Å². The van der Waals surface area contributed by atoms with Crippen molar-refractivity contribution in [2.45, 2.75) is 39.0 Å². The molecule has 3 N–H and O–H groups in total. The van der Waals surface area contributed by atoms with E-state index in [1.165, 1.54) is 25.7 Å². The molecule has 1 amide bonds. The molecule has 1 fully saturated rings. The van der Waals surface area contributed by atoms with E-state index in [0.717, 1.165) is 25.1 Å². The summed E-state index contributed by atoms with van der Waals surface area (Å²) >= 11 is 0. The van der Waals surface area contributed by atoms with Crippen molar-refractivity contribution < 1.29 is 18.0 Å². The highest BCUT2D eigenvalue weighted by molar-refractivity contribution is 14.0. The predicted molar refractivity (Wildman–Crippen MR) is 111 cm³/mol. The average molecular weight is 498 g/mol. The number of anilines is 1. The lowest BCUT2D eigenvalue weighted by Crippen LogP contribution is -2.45. The van der Waals surface area contributed by atoms with Crippen molar-refractivity contribution in [3.05, 3.63) is 29.6 Å². The van der Waals surface area contributed by atoms with Gasteiger partial charge in [-0.25, -0.2) is 13.2 Å². The van der Waals surface area contributed by atoms with Crippen molar-refractivity contribution in [2.75, 3.05) is 25.5 Å². The van der Waals surface area contributed by atoms with E-state index in [2.05, 4.69) is 27.9 Å². The lowest BCUT2D eigenvalue weighted by molar-refractivity contribution is -0.115. The molecule has 1 aliphatic carbocycles. The molecule has 0 aromatic heterocycles. The number of guanidine groups is 1. The number of hydrogen-bond acceptors (Lipinski definition) is 2. The highest BCUT2D eigenvalue weighted by Gasteiger charge is 2.31. The number of hydrogen-bond donors (Lipinski definition) is 3. The van der Waals surface area contributed by atoms with Gasteiger partial charge in [0.05, 0.1) is 12.2 Å². The van der Waals surface area contributed by atoms with Gasteiger partial charge < -0.3 is 16.0 Å². The fourth-order valence-corrected chi connectivity index (χ4v) is 3.25. The van der Waals surface area contributed by atoms with Crippen LogP contribution in [0.15, 0.2) is 17.1 Å². The number of amides is 1. The topological polar surface area (TPSA) is 65.5 Å². The fraction of sp³-hybridized carbons (Fsp3) is 0.556. The van der Waals surface area contributed by atoms with Gasteiger partial charge in [0.2, 0.25) is 5.91 Å². The molecular formula is C18H26F3IN4O. The molecule has 1 aromatic rings. The van der Waals surface area contributed by atoms with Gasteiger partial charge in [-0.1, -0.05) is 19.8 Å². The van der Waals surface area contributed by atoms with E-state index >= 15 is 0 Å². The molecule has 0 bridgehead atoms. The Balaban J connectivity index is 0.00000364. The quantitative estimate of drug-likeness (QED) is 0.242. The Morgan fingerprint density at radius 3 is 2.41 bits per heavy atom. The summed E-state index contributed by atoms with van der Waals surface area (Å²) in [4.78, 5) is 16.0. The number of benzene rings is 1. The first-order valence-electron chi connectivity index (χ1n) is 8.78. The zero-order chi connectivity index (χ0) is 19.2. The Labute approximate surface area is 174 Å². The molecule has 0 aliphatic heterocycles. The van der Waals surface area contributed by atoms with Crippen molar-refractivity contribution in [2.24, 2.45) is 10.4 Å². The molecule has 2 rings (SSSR count). The molecule has 5 nitrogen and oxygen atoms in total. The van der Waals surface area contributed by atoms with Crippen molar-refractivity contribution in [1.82, 2.24) is 10.6 Å². The average Bonchev–Trinajstić information content (AvgIpc) is 3.12. The van der Waals surface area contributed by atoms with Crippen LogP contribution in [0.25, 0.3) is 0 Å². The molecule has 0 atom stereocenters. The largest absolute Gasteiger partial charge is 0.356 e. The lowest BCUT2D eigenvalue weighted by atomic mass is 9.83. The van der Waals surface area contributed by atoms with Gasteiger partial charge in [0.1, 0.15) is 0 Å². The number of aliphatic imine (C=N–C) groups is 1. The molecule has 1 aliphatic rings. The van der Waals surface area contributed by atoms with E-state index < -0.39 is 29.0 Å². The van der Waals surface area contributed by atoms with Crippen LogP contribution in [-0.2, 0) is 4.79 Å². The smallest absolute Gasteiger partial charge is 0.243 e. The summed E-state index contributed by atoms with van der Waals surface area (Å²) in [6, 6.07) is 1.73. The summed E-state index contributed by atoms with van der Waals surface area (Å²) in [7, 11) is 1.59. The van der Waals surface area contributed by atoms with Gasteiger partial charge in [0.25, 0.3) is 0 Å². The van der Waals surface area contributed by atoms with Crippen molar-refractivity contribution >= 4 is 41.5 Å². The van der Waals surface area contributed by atoms with Crippen LogP contribution in [0, 0.1) is 22.9 Å². The lowest BCUT2D eigenvalue weighted by Gasteiger charge is -2.28. The van der Waals surface area contributed by atoms with Crippen molar-refractivity contribution in [1.29, 1.82) is 0 Å². The highest BCUT2D eigenvalue weighted by Crippen LogP contribution is 2.40. The Hall–Kier alpha value is -1.52. The van der Waals surface area contributed by atoms with Crippen LogP contribution in [0.3, 0.4) is 0 Å². The Kier molecular flexibility index (Phi) is 9.34. The third kappa shape index (κ3) is 6.25. The fourth-order valence-electron chi connectivity index (χ4n) is 3.25. The Morgan fingerprint density at radius 1 is 1.15 bits per heavy atom. The van der Waals surface area contributed by atoms with Gasteiger partial charge in [-0.05, 0) is 36.8 Å². The minimum absolute atomic E-state index is 0. The summed E-state index contributed by atoms with van der Waals surface area (Å²) in [5, 5.41) is 8.27. The Morgan fingerprint density at radius 2 is 1.81 bits per heavy atom. The Bertz CT molecular complexity index is 679. The number of carbonyl (C=O) groups excluding carboxylic acids is 1. The van der Waals surface area contributed by atoms with Crippen LogP contribution >= 0.6 is 24.0 Å². The normalized spacial score (nSPS) is 15.8. The molecule has 0 spiro atoms. The summed E-state index contributed by atoms with van der Waals surface area (Å²) in [5.74, 6) is -4.48. The van der Waals surface area contributed by atoms with Crippen LogP contribution < -0.4 is 16.0 Å². The molecular weight excluding hydrogens is 472 g/mol. The number of carbonyl (C=O) groups is 1. The van der Waals surface area contributed by atoms with Crippen LogP contribution in [0.2, 0.25) is 0 Å². The third-order valence-corrected chi connectivity index (χ3v) is 4.99. The van der Waals surface area contributed by atoms with Crippen LogP contribution in [0.5, 0.6) is 0 Å². The molecule has 152 valence electrons. The van der Waals surface area contributed by atoms with E-state index in [1.54, 1.807) is 7.05 Å². The molecule has 9 heteroatoms. The molecule has 0 unspecified atom stereocenters. The predicted octanol–water partition coefficient (Wildman–Crippen LogP) is 3.80. The summed E-state index contributed by atoms with van der Waals surface area (Å²) in [5.41, 5.74) is -0.149. The maximum Gasteiger partial charge on any atom is 0.243 e. The van der Waals surface area contributed by atoms with Gasteiger partial charge in [-0.2, -0.15) is 0 Å². The van der Waals surface area contributed by atoms with E-state index in [0.29, 0.717) is 5.96 Å². The minimum atomic E-state index is -1.62. The first-order valence-corrected chi connectivity index (χ1v) is 8.78.